The molecular formula is C22H26Cl2N4O2S2. The van der Waals surface area contributed by atoms with Crippen LogP contribution in [0.15, 0.2) is 46.8 Å². The molecule has 0 saturated carbocycles. The molecule has 0 bridgehead atoms. The van der Waals surface area contributed by atoms with Crippen molar-refractivity contribution in [1.29, 1.82) is 0 Å². The van der Waals surface area contributed by atoms with Crippen LogP contribution in [0.3, 0.4) is 0 Å². The van der Waals surface area contributed by atoms with E-state index < -0.39 is 6.03 Å². The number of nitrogens with zero attached hydrogens (tertiary/aromatic N) is 1. The number of nitrogens with one attached hydrogen (secondary N) is 3. The highest BCUT2D eigenvalue weighted by molar-refractivity contribution is 7.80. The number of amides is 2. The van der Waals surface area contributed by atoms with Crippen molar-refractivity contribution >= 4 is 70.4 Å². The van der Waals surface area contributed by atoms with Crippen molar-refractivity contribution in [2.45, 2.75) is 38.5 Å². The predicted octanol–water partition coefficient (Wildman–Crippen LogP) is 6.96. The number of carbonyl (C=O) groups excluding carboxylic acids is 1. The number of thiocarbonyl (C=S) groups is 1. The number of halogens is 2. The van der Waals surface area contributed by atoms with Crippen LogP contribution in [0.1, 0.15) is 38.5 Å². The van der Waals surface area contributed by atoms with E-state index in [9.17, 15) is 4.79 Å². The number of ether oxygens (including phenoxy) is 1. The minimum Gasteiger partial charge on any atom is -0.491 e. The Morgan fingerprint density at radius 3 is 2.31 bits per heavy atom. The first-order valence-corrected chi connectivity index (χ1v) is 11.9. The van der Waals surface area contributed by atoms with Crippen LogP contribution in [-0.4, -0.2) is 24.3 Å². The van der Waals surface area contributed by atoms with E-state index >= 15 is 0 Å². The summed E-state index contributed by atoms with van der Waals surface area (Å²) in [5.41, 5.74) is 1.34. The van der Waals surface area contributed by atoms with Gasteiger partial charge in [0.1, 0.15) is 5.75 Å². The van der Waals surface area contributed by atoms with E-state index in [1.165, 1.54) is 0 Å². The van der Waals surface area contributed by atoms with E-state index in [1.807, 2.05) is 18.2 Å². The van der Waals surface area contributed by atoms with Crippen molar-refractivity contribution in [3.8, 4) is 5.75 Å². The average Bonchev–Trinajstić information content (AvgIpc) is 2.75. The third-order valence-electron chi connectivity index (χ3n) is 4.45. The lowest BCUT2D eigenvalue weighted by Crippen LogP contribution is -2.29. The van der Waals surface area contributed by atoms with Crippen molar-refractivity contribution < 1.29 is 9.53 Å². The van der Waals surface area contributed by atoms with Crippen LogP contribution in [0.5, 0.6) is 5.75 Å². The van der Waals surface area contributed by atoms with Gasteiger partial charge in [-0.3, -0.25) is 0 Å². The fourth-order valence-corrected chi connectivity index (χ4v) is 3.74. The Morgan fingerprint density at radius 2 is 1.59 bits per heavy atom. The summed E-state index contributed by atoms with van der Waals surface area (Å²) in [4.78, 5) is 11.3. The second-order valence-corrected chi connectivity index (χ2v) is 8.49. The van der Waals surface area contributed by atoms with Gasteiger partial charge in [-0.1, -0.05) is 61.0 Å². The number of benzene rings is 2. The standard InChI is InChI=1S/C22H26Cl2N4O2S2/c23-16-13-17(24)15-18(14-16)26-22(31)25-11-7-3-1-2-4-8-12-30-20-10-6-5-9-19(20)27-21(29)28-32/h5-6,9-10,13-15H,1-4,7-8,11-12H2,(H,27,29)(H2,25,26,31). The molecule has 2 aromatic carbocycles. The summed E-state index contributed by atoms with van der Waals surface area (Å²) >= 11 is 21.7. The zero-order chi connectivity index (χ0) is 23.2. The summed E-state index contributed by atoms with van der Waals surface area (Å²) in [5.74, 6) is 0.621. The molecule has 0 aliphatic carbocycles. The Kier molecular flexibility index (Phi) is 12.3. The fraction of sp³-hybridized carbons (Fsp3) is 0.364. The molecule has 0 aliphatic heterocycles. The van der Waals surface area contributed by atoms with Crippen molar-refractivity contribution in [2.24, 2.45) is 4.36 Å². The average molecular weight is 514 g/mol. The van der Waals surface area contributed by atoms with Gasteiger partial charge in [0.2, 0.25) is 0 Å². The Labute approximate surface area is 209 Å². The van der Waals surface area contributed by atoms with Crippen molar-refractivity contribution in [3.05, 3.63) is 52.5 Å². The third kappa shape index (κ3) is 10.5. The zero-order valence-electron chi connectivity index (χ0n) is 17.5. The number of unbranched alkanes of at least 4 members (excludes halogenated alkanes) is 5. The van der Waals surface area contributed by atoms with Gasteiger partial charge >= 0.3 is 6.03 Å². The highest BCUT2D eigenvalue weighted by Gasteiger charge is 2.06. The maximum absolute atomic E-state index is 11.3. The molecule has 0 fully saturated rings. The van der Waals surface area contributed by atoms with E-state index in [0.717, 1.165) is 50.8 Å². The first-order chi connectivity index (χ1) is 15.5. The molecular weight excluding hydrogens is 487 g/mol. The molecule has 0 radical (unpaired) electrons. The maximum Gasteiger partial charge on any atom is 0.356 e. The van der Waals surface area contributed by atoms with Crippen LogP contribution in [0, 0.1) is 0 Å². The molecule has 3 N–H and O–H groups in total. The Hall–Kier alpha value is -2.00. The summed E-state index contributed by atoms with van der Waals surface area (Å²) in [6.07, 6.45) is 6.48. The molecule has 0 spiro atoms. The molecule has 0 saturated heterocycles. The van der Waals surface area contributed by atoms with Gasteiger partial charge in [-0.25, -0.2) is 4.79 Å². The van der Waals surface area contributed by atoms with Gasteiger partial charge in [0.25, 0.3) is 0 Å². The fourth-order valence-electron chi connectivity index (χ4n) is 2.95. The van der Waals surface area contributed by atoms with E-state index in [2.05, 4.69) is 32.7 Å². The largest absolute Gasteiger partial charge is 0.491 e. The molecule has 0 aromatic heterocycles. The quantitative estimate of drug-likeness (QED) is 0.210. The Morgan fingerprint density at radius 1 is 0.938 bits per heavy atom. The van der Waals surface area contributed by atoms with Crippen LogP contribution in [0.2, 0.25) is 10.0 Å². The maximum atomic E-state index is 11.3. The number of para-hydroxylation sites is 2. The highest BCUT2D eigenvalue weighted by Crippen LogP contribution is 2.24. The van der Waals surface area contributed by atoms with E-state index in [1.54, 1.807) is 24.3 Å². The number of carbonyl (C=O) groups is 1. The van der Waals surface area contributed by atoms with Gasteiger partial charge in [0.15, 0.2) is 5.11 Å². The van der Waals surface area contributed by atoms with E-state index in [0.29, 0.717) is 33.2 Å². The normalized spacial score (nSPS) is 10.3. The monoisotopic (exact) mass is 512 g/mol. The minimum atomic E-state index is -0.573. The lowest BCUT2D eigenvalue weighted by Gasteiger charge is -2.11. The van der Waals surface area contributed by atoms with Gasteiger partial charge in [-0.15, -0.1) is 4.36 Å². The van der Waals surface area contributed by atoms with Gasteiger partial charge in [0, 0.05) is 34.7 Å². The van der Waals surface area contributed by atoms with Crippen LogP contribution in [0.25, 0.3) is 0 Å². The first kappa shape index (κ1) is 26.3. The molecule has 0 unspecified atom stereocenters. The van der Waals surface area contributed by atoms with E-state index in [-0.39, 0.29) is 0 Å². The number of anilines is 2. The van der Waals surface area contributed by atoms with Crippen molar-refractivity contribution in [2.75, 3.05) is 23.8 Å². The molecule has 0 heterocycles. The van der Waals surface area contributed by atoms with E-state index in [4.69, 9.17) is 40.2 Å². The first-order valence-electron chi connectivity index (χ1n) is 10.3. The minimum absolute atomic E-state index is 0.554. The van der Waals surface area contributed by atoms with Crippen LogP contribution >= 0.6 is 35.4 Å². The summed E-state index contributed by atoms with van der Waals surface area (Å²) < 4.78 is 8.94. The lowest BCUT2D eigenvalue weighted by molar-refractivity contribution is 0.259. The van der Waals surface area contributed by atoms with Crippen LogP contribution in [0.4, 0.5) is 16.2 Å². The number of hydrogen-bond acceptors (Lipinski definition) is 4. The molecule has 32 heavy (non-hydrogen) atoms. The predicted molar refractivity (Wildman–Crippen MR) is 139 cm³/mol. The molecule has 172 valence electrons. The smallest absolute Gasteiger partial charge is 0.356 e. The van der Waals surface area contributed by atoms with Crippen LogP contribution in [-0.2, 0) is 12.4 Å². The zero-order valence-corrected chi connectivity index (χ0v) is 20.7. The number of urea groups is 1. The molecule has 0 aliphatic rings. The van der Waals surface area contributed by atoms with Gasteiger partial charge in [-0.05, 0) is 55.4 Å². The van der Waals surface area contributed by atoms with Crippen LogP contribution < -0.4 is 20.7 Å². The second-order valence-electron chi connectivity index (χ2n) is 7.03. The molecule has 2 rings (SSSR count). The summed E-state index contributed by atoms with van der Waals surface area (Å²) in [5, 5.41) is 10.6. The second kappa shape index (κ2) is 14.9. The summed E-state index contributed by atoms with van der Waals surface area (Å²) in [7, 11) is 0. The molecule has 10 heteroatoms. The van der Waals surface area contributed by atoms with Gasteiger partial charge < -0.3 is 20.7 Å². The SMILES string of the molecule is O=C(N=S)Nc1ccccc1OCCCCCCCCNC(=S)Nc1cc(Cl)cc(Cl)c1. The Balaban J connectivity index is 1.50. The van der Waals surface area contributed by atoms with Crippen molar-refractivity contribution in [3.63, 3.8) is 0 Å². The summed E-state index contributed by atoms with van der Waals surface area (Å²) in [6.45, 7) is 1.40. The lowest BCUT2D eigenvalue weighted by atomic mass is 10.1. The molecule has 2 aromatic rings. The molecule has 0 atom stereocenters. The summed E-state index contributed by atoms with van der Waals surface area (Å²) in [6, 6.07) is 11.9. The molecule has 6 nitrogen and oxygen atoms in total. The highest BCUT2D eigenvalue weighted by atomic mass is 35.5. The topological polar surface area (TPSA) is 74.8 Å². The molecule has 2 amide bonds. The van der Waals surface area contributed by atoms with Crippen molar-refractivity contribution in [1.82, 2.24) is 5.32 Å². The van der Waals surface area contributed by atoms with Gasteiger partial charge in [-0.2, -0.15) is 0 Å². The van der Waals surface area contributed by atoms with Gasteiger partial charge in [0.05, 0.1) is 12.3 Å². The Bertz CT molecular complexity index is 895. The number of hydrogen-bond donors (Lipinski definition) is 3. The number of rotatable bonds is 12. The third-order valence-corrected chi connectivity index (χ3v) is 5.29.